The molecule has 0 bridgehead atoms. The highest BCUT2D eigenvalue weighted by atomic mass is 16.5. The molecule has 0 amide bonds. The Kier molecular flexibility index (Phi) is 2.77. The number of ether oxygens (including phenoxy) is 1. The smallest absolute Gasteiger partial charge is 0.338 e. The van der Waals surface area contributed by atoms with Crippen molar-refractivity contribution in [1.29, 1.82) is 0 Å². The van der Waals surface area contributed by atoms with Crippen molar-refractivity contribution in [2.75, 3.05) is 7.11 Å². The number of aliphatic hydroxyl groups excluding tert-OH is 1. The van der Waals surface area contributed by atoms with Gasteiger partial charge in [0.2, 0.25) is 0 Å². The molecule has 2 N–H and O–H groups in total. The molecule has 0 fully saturated rings. The highest BCUT2D eigenvalue weighted by molar-refractivity contribution is 5.89. The summed E-state index contributed by atoms with van der Waals surface area (Å²) < 4.78 is 6.84. The Labute approximate surface area is 97.9 Å². The summed E-state index contributed by atoms with van der Waals surface area (Å²) >= 11 is 0. The van der Waals surface area contributed by atoms with Crippen LogP contribution in [0.25, 0.3) is 10.9 Å². The van der Waals surface area contributed by atoms with Crippen LogP contribution < -0.4 is 4.74 Å². The number of aryl methyl sites for hydroxylation is 1. The minimum absolute atomic E-state index is 0.331. The van der Waals surface area contributed by atoms with Crippen molar-refractivity contribution in [2.24, 2.45) is 7.05 Å². The number of carboxylic acid groups (broad SMARTS) is 1. The van der Waals surface area contributed by atoms with Crippen LogP contribution in [0.3, 0.4) is 0 Å². The molecule has 2 aromatic rings. The van der Waals surface area contributed by atoms with E-state index in [2.05, 4.69) is 0 Å². The molecule has 1 aromatic carbocycles. The van der Waals surface area contributed by atoms with E-state index in [1.54, 1.807) is 30.9 Å². The van der Waals surface area contributed by atoms with Crippen LogP contribution in [0.5, 0.6) is 5.75 Å². The van der Waals surface area contributed by atoms with Crippen molar-refractivity contribution in [3.8, 4) is 5.75 Å². The Bertz CT molecular complexity index is 573. The van der Waals surface area contributed by atoms with Crippen LogP contribution in [0.2, 0.25) is 0 Å². The Morgan fingerprint density at radius 1 is 1.47 bits per heavy atom. The van der Waals surface area contributed by atoms with Crippen LogP contribution in [0.15, 0.2) is 24.3 Å². The molecule has 2 rings (SSSR count). The molecule has 1 unspecified atom stereocenters. The second-order valence-electron chi connectivity index (χ2n) is 3.76. The molecule has 0 radical (unpaired) electrons. The van der Waals surface area contributed by atoms with Crippen molar-refractivity contribution in [3.63, 3.8) is 0 Å². The Balaban J connectivity index is 2.68. The number of aromatic nitrogens is 1. The highest BCUT2D eigenvalue weighted by Crippen LogP contribution is 2.30. The topological polar surface area (TPSA) is 71.7 Å². The fraction of sp³-hybridized carbons (Fsp3) is 0.250. The van der Waals surface area contributed by atoms with Gasteiger partial charge in [0.15, 0.2) is 6.10 Å². The molecule has 1 atom stereocenters. The number of hydrogen-bond acceptors (Lipinski definition) is 3. The molecule has 17 heavy (non-hydrogen) atoms. The zero-order valence-corrected chi connectivity index (χ0v) is 9.54. The quantitative estimate of drug-likeness (QED) is 0.841. The van der Waals surface area contributed by atoms with E-state index in [0.29, 0.717) is 11.4 Å². The first-order valence-corrected chi connectivity index (χ1v) is 5.09. The number of carboxylic acids is 1. The third-order valence-corrected chi connectivity index (χ3v) is 2.82. The van der Waals surface area contributed by atoms with Crippen LogP contribution in [-0.2, 0) is 11.8 Å². The van der Waals surface area contributed by atoms with Gasteiger partial charge in [-0.1, -0.05) is 6.07 Å². The van der Waals surface area contributed by atoms with E-state index < -0.39 is 12.1 Å². The molecule has 0 aliphatic rings. The fourth-order valence-electron chi connectivity index (χ4n) is 1.92. The average molecular weight is 235 g/mol. The molecule has 5 heteroatoms. The SMILES string of the molecule is COc1cccc2c1cc(C(O)C(=O)O)n2C. The zero-order chi connectivity index (χ0) is 12.6. The van der Waals surface area contributed by atoms with E-state index in [0.717, 1.165) is 10.9 Å². The van der Waals surface area contributed by atoms with E-state index in [1.165, 1.54) is 0 Å². The Morgan fingerprint density at radius 2 is 2.18 bits per heavy atom. The summed E-state index contributed by atoms with van der Waals surface area (Å²) in [7, 11) is 3.26. The normalized spacial score (nSPS) is 12.6. The second-order valence-corrected chi connectivity index (χ2v) is 3.76. The monoisotopic (exact) mass is 235 g/mol. The van der Waals surface area contributed by atoms with Crippen LogP contribution in [-0.4, -0.2) is 27.9 Å². The maximum Gasteiger partial charge on any atom is 0.338 e. The molecule has 0 spiro atoms. The predicted octanol–water partition coefficient (Wildman–Crippen LogP) is 1.30. The number of fused-ring (bicyclic) bond motifs is 1. The van der Waals surface area contributed by atoms with Gasteiger partial charge < -0.3 is 19.5 Å². The molecule has 0 saturated heterocycles. The summed E-state index contributed by atoms with van der Waals surface area (Å²) in [4.78, 5) is 10.8. The standard InChI is InChI=1S/C12H13NO4/c1-13-8-4-3-5-10(17-2)7(8)6-9(13)11(14)12(15)16/h3-6,11,14H,1-2H3,(H,15,16). The summed E-state index contributed by atoms with van der Waals surface area (Å²) in [5.74, 6) is -0.614. The second kappa shape index (κ2) is 4.10. The number of benzene rings is 1. The largest absolute Gasteiger partial charge is 0.496 e. The fourth-order valence-corrected chi connectivity index (χ4v) is 1.92. The highest BCUT2D eigenvalue weighted by Gasteiger charge is 2.21. The lowest BCUT2D eigenvalue weighted by Gasteiger charge is -2.07. The average Bonchev–Trinajstić information content (AvgIpc) is 2.66. The number of nitrogens with zero attached hydrogens (tertiary/aromatic N) is 1. The number of carbonyl (C=O) groups is 1. The lowest BCUT2D eigenvalue weighted by Crippen LogP contribution is -2.13. The summed E-state index contributed by atoms with van der Waals surface area (Å²) in [6.07, 6.45) is -1.53. The molecule has 1 heterocycles. The maximum absolute atomic E-state index is 10.8. The summed E-state index contributed by atoms with van der Waals surface area (Å²) in [5.41, 5.74) is 1.15. The van der Waals surface area contributed by atoms with Gasteiger partial charge in [0.25, 0.3) is 0 Å². The summed E-state index contributed by atoms with van der Waals surface area (Å²) in [6.45, 7) is 0. The zero-order valence-electron chi connectivity index (χ0n) is 9.54. The van der Waals surface area contributed by atoms with Gasteiger partial charge in [-0.3, -0.25) is 0 Å². The summed E-state index contributed by atoms with van der Waals surface area (Å²) in [6, 6.07) is 7.08. The van der Waals surface area contributed by atoms with Crippen molar-refractivity contribution in [2.45, 2.75) is 6.10 Å². The van der Waals surface area contributed by atoms with Crippen molar-refractivity contribution in [3.05, 3.63) is 30.0 Å². The minimum atomic E-state index is -1.53. The van der Waals surface area contributed by atoms with E-state index in [9.17, 15) is 9.90 Å². The molecule has 0 aliphatic heterocycles. The number of aliphatic carboxylic acids is 1. The third kappa shape index (κ3) is 1.74. The van der Waals surface area contributed by atoms with Crippen LogP contribution in [0.1, 0.15) is 11.8 Å². The third-order valence-electron chi connectivity index (χ3n) is 2.82. The number of aliphatic hydroxyl groups is 1. The first kappa shape index (κ1) is 11.5. The number of methoxy groups -OCH3 is 1. The molecular weight excluding hydrogens is 222 g/mol. The van der Waals surface area contributed by atoms with Gasteiger partial charge in [0.05, 0.1) is 18.3 Å². The van der Waals surface area contributed by atoms with Crippen LogP contribution in [0.4, 0.5) is 0 Å². The first-order chi connectivity index (χ1) is 8.06. The van der Waals surface area contributed by atoms with Crippen LogP contribution >= 0.6 is 0 Å². The van der Waals surface area contributed by atoms with E-state index in [-0.39, 0.29) is 0 Å². The van der Waals surface area contributed by atoms with Crippen molar-refractivity contribution in [1.82, 2.24) is 4.57 Å². The van der Waals surface area contributed by atoms with E-state index in [1.807, 2.05) is 12.1 Å². The van der Waals surface area contributed by atoms with Gasteiger partial charge in [0.1, 0.15) is 5.75 Å². The molecular formula is C12H13NO4. The summed E-state index contributed by atoms with van der Waals surface area (Å²) in [5, 5.41) is 19.2. The molecule has 1 aromatic heterocycles. The maximum atomic E-state index is 10.8. The Morgan fingerprint density at radius 3 is 2.76 bits per heavy atom. The minimum Gasteiger partial charge on any atom is -0.496 e. The lowest BCUT2D eigenvalue weighted by atomic mass is 10.2. The van der Waals surface area contributed by atoms with Gasteiger partial charge in [0, 0.05) is 12.4 Å². The van der Waals surface area contributed by atoms with Crippen molar-refractivity contribution < 1.29 is 19.7 Å². The van der Waals surface area contributed by atoms with E-state index in [4.69, 9.17) is 9.84 Å². The molecule has 5 nitrogen and oxygen atoms in total. The molecule has 0 saturated carbocycles. The van der Waals surface area contributed by atoms with Crippen molar-refractivity contribution >= 4 is 16.9 Å². The van der Waals surface area contributed by atoms with E-state index >= 15 is 0 Å². The Hall–Kier alpha value is -2.01. The lowest BCUT2D eigenvalue weighted by molar-refractivity contribution is -0.147. The number of hydrogen-bond donors (Lipinski definition) is 2. The predicted molar refractivity (Wildman–Crippen MR) is 62.1 cm³/mol. The van der Waals surface area contributed by atoms with Gasteiger partial charge in [-0.2, -0.15) is 0 Å². The van der Waals surface area contributed by atoms with Gasteiger partial charge in [-0.15, -0.1) is 0 Å². The number of rotatable bonds is 3. The first-order valence-electron chi connectivity index (χ1n) is 5.09. The van der Waals surface area contributed by atoms with Gasteiger partial charge in [-0.25, -0.2) is 4.79 Å². The van der Waals surface area contributed by atoms with Gasteiger partial charge >= 0.3 is 5.97 Å². The van der Waals surface area contributed by atoms with Crippen LogP contribution in [0, 0.1) is 0 Å². The molecule has 90 valence electrons. The van der Waals surface area contributed by atoms with Gasteiger partial charge in [-0.05, 0) is 18.2 Å². The molecule has 0 aliphatic carbocycles.